The quantitative estimate of drug-likeness (QED) is 0.0325. The van der Waals surface area contributed by atoms with Crippen molar-refractivity contribution >= 4 is 58.4 Å². The molecule has 0 aromatic heterocycles. The molecule has 16 heteroatoms. The second-order valence-electron chi connectivity index (χ2n) is 16.1. The number of nitrogens with zero attached hydrogens (tertiary/aromatic N) is 5. The Morgan fingerprint density at radius 2 is 0.829 bits per heavy atom. The highest BCUT2D eigenvalue weighted by atomic mass is 32.2. The molecule has 70 heavy (non-hydrogen) atoms. The van der Waals surface area contributed by atoms with E-state index in [0.717, 1.165) is 80.4 Å². The van der Waals surface area contributed by atoms with Gasteiger partial charge in [0.1, 0.15) is 46.5 Å². The first-order valence-corrected chi connectivity index (χ1v) is 27.7. The number of thioether (sulfide) groups is 2. The number of hydrogen-bond donors (Lipinski definition) is 2. The van der Waals surface area contributed by atoms with Crippen molar-refractivity contribution < 1.29 is 23.7 Å². The summed E-state index contributed by atoms with van der Waals surface area (Å²) in [4.78, 5) is 7.15. The smallest absolute Gasteiger partial charge is 0.154 e. The standard InChI is InChI=1S/C28H38N4O2S2.C26H33N3O3S2/c1-7-19(5)33-25-21(17-29)22(18-30)26(34-20(6)8-2)28(36-24-14-12-11-13-23(24)31)27(25)35-16-15-32(9-3)10-4;1-6-17(4)31-23-19(15-27)20(16-28)24(32-18(5)7-2)26(25(23)33-14-13-30-8-3)34-22-12-10-9-11-21(22)29/h11-14,19-20H,7-10,15-16,31H2,1-6H3;9-12,17-18H,6-8,13-14,29H2,1-5H3. The van der Waals surface area contributed by atoms with E-state index in [-0.39, 0.29) is 46.7 Å². The Morgan fingerprint density at radius 3 is 1.13 bits per heavy atom. The molecular weight excluding hydrogens is 955 g/mol. The third-order valence-electron chi connectivity index (χ3n) is 11.2. The van der Waals surface area contributed by atoms with Crippen molar-refractivity contribution in [2.75, 3.05) is 55.8 Å². The van der Waals surface area contributed by atoms with Crippen molar-refractivity contribution in [2.45, 2.75) is 156 Å². The van der Waals surface area contributed by atoms with Crippen molar-refractivity contribution in [2.24, 2.45) is 0 Å². The van der Waals surface area contributed by atoms with Crippen molar-refractivity contribution in [3.8, 4) is 47.3 Å². The molecule has 4 aromatic rings. The van der Waals surface area contributed by atoms with Crippen LogP contribution in [-0.2, 0) is 4.74 Å². The maximum Gasteiger partial charge on any atom is 0.154 e. The van der Waals surface area contributed by atoms with E-state index in [9.17, 15) is 21.0 Å². The third kappa shape index (κ3) is 16.5. The number of para-hydroxylation sites is 2. The molecule has 0 saturated carbocycles. The van der Waals surface area contributed by atoms with Gasteiger partial charge in [-0.25, -0.2) is 0 Å². The summed E-state index contributed by atoms with van der Waals surface area (Å²) in [7, 11) is 0. The van der Waals surface area contributed by atoms with E-state index in [0.29, 0.717) is 53.3 Å². The van der Waals surface area contributed by atoms with Gasteiger partial charge in [-0.15, -0.1) is 23.5 Å². The minimum atomic E-state index is -0.145. The second-order valence-corrected chi connectivity index (χ2v) is 20.4. The normalized spacial score (nSPS) is 12.5. The summed E-state index contributed by atoms with van der Waals surface area (Å²) in [6, 6.07) is 24.1. The number of ether oxygens (including phenoxy) is 5. The van der Waals surface area contributed by atoms with Crippen LogP contribution >= 0.6 is 47.0 Å². The van der Waals surface area contributed by atoms with Crippen molar-refractivity contribution in [1.29, 1.82) is 21.0 Å². The van der Waals surface area contributed by atoms with E-state index in [1.165, 1.54) is 35.3 Å². The summed E-state index contributed by atoms with van der Waals surface area (Å²) in [6.45, 7) is 26.2. The summed E-state index contributed by atoms with van der Waals surface area (Å²) >= 11 is 6.07. The number of hydrogen-bond acceptors (Lipinski definition) is 16. The SMILES string of the molecule is CCC(C)Oc1c(C#N)c(C#N)c(OC(C)CC)c(Sc2ccccc2N)c1SCCN(CC)CC.CCOCCSc1c(OC(C)CC)c(C#N)c(C#N)c(OC(C)CC)c1Sc1ccccc1N. The Hall–Kier alpha value is -5.04. The summed E-state index contributed by atoms with van der Waals surface area (Å²) in [6.07, 6.45) is 2.52. The Morgan fingerprint density at radius 1 is 0.500 bits per heavy atom. The second kappa shape index (κ2) is 31.3. The Kier molecular flexibility index (Phi) is 26.5. The predicted octanol–water partition coefficient (Wildman–Crippen LogP) is 13.6. The lowest BCUT2D eigenvalue weighted by Crippen LogP contribution is -2.25. The monoisotopic (exact) mass is 1030 g/mol. The molecule has 0 aliphatic rings. The zero-order valence-electron chi connectivity index (χ0n) is 42.8. The molecule has 0 aliphatic heterocycles. The Labute approximate surface area is 435 Å². The zero-order chi connectivity index (χ0) is 51.8. The largest absolute Gasteiger partial charge is 0.488 e. The number of benzene rings is 4. The van der Waals surface area contributed by atoms with E-state index in [1.54, 1.807) is 11.8 Å². The van der Waals surface area contributed by atoms with Crippen LogP contribution in [0.1, 0.15) is 124 Å². The Balaban J connectivity index is 0.000000371. The molecule has 0 amide bonds. The molecule has 0 radical (unpaired) electrons. The summed E-state index contributed by atoms with van der Waals surface area (Å²) in [5.41, 5.74) is 14.7. The first kappa shape index (κ1) is 59.3. The molecule has 4 N–H and O–H groups in total. The maximum absolute atomic E-state index is 10.2. The molecule has 0 heterocycles. The average molecular weight is 1030 g/mol. The first-order chi connectivity index (χ1) is 33.7. The fraction of sp³-hybridized carbons (Fsp3) is 0.481. The number of nitrogens with two attached hydrogens (primary N) is 2. The van der Waals surface area contributed by atoms with Gasteiger partial charge in [0.25, 0.3) is 0 Å². The van der Waals surface area contributed by atoms with Gasteiger partial charge in [-0.1, -0.05) is 89.3 Å². The van der Waals surface area contributed by atoms with Crippen LogP contribution in [0.4, 0.5) is 11.4 Å². The van der Waals surface area contributed by atoms with E-state index >= 15 is 0 Å². The number of anilines is 2. The number of nitrogen functional groups attached to an aromatic ring is 2. The molecule has 12 nitrogen and oxygen atoms in total. The van der Waals surface area contributed by atoms with Crippen LogP contribution in [-0.4, -0.2) is 73.7 Å². The highest BCUT2D eigenvalue weighted by Gasteiger charge is 2.31. The summed E-state index contributed by atoms with van der Waals surface area (Å²) in [5.74, 6) is 3.17. The molecule has 4 rings (SSSR count). The van der Waals surface area contributed by atoms with Crippen LogP contribution in [0.5, 0.6) is 23.0 Å². The minimum Gasteiger partial charge on any atom is -0.488 e. The zero-order valence-corrected chi connectivity index (χ0v) is 46.0. The van der Waals surface area contributed by atoms with Crippen LogP contribution in [0.15, 0.2) is 77.9 Å². The molecular formula is C54H71N7O5S4. The maximum atomic E-state index is 10.2. The number of rotatable bonds is 27. The predicted molar refractivity (Wildman–Crippen MR) is 289 cm³/mol. The molecule has 376 valence electrons. The molecule has 0 bridgehead atoms. The van der Waals surface area contributed by atoms with Crippen LogP contribution < -0.4 is 30.4 Å². The fourth-order valence-electron chi connectivity index (χ4n) is 6.31. The first-order valence-electron chi connectivity index (χ1n) is 24.1. The van der Waals surface area contributed by atoms with Gasteiger partial charge in [-0.3, -0.25) is 0 Å². The van der Waals surface area contributed by atoms with Crippen molar-refractivity contribution in [3.63, 3.8) is 0 Å². The van der Waals surface area contributed by atoms with Gasteiger partial charge in [0.15, 0.2) is 23.0 Å². The lowest BCUT2D eigenvalue weighted by atomic mass is 10.1. The molecule has 4 aromatic carbocycles. The minimum absolute atomic E-state index is 0.119. The average Bonchev–Trinajstić information content (AvgIpc) is 3.37. The van der Waals surface area contributed by atoms with Crippen molar-refractivity contribution in [3.05, 3.63) is 70.8 Å². The topological polar surface area (TPSA) is 197 Å². The lowest BCUT2D eigenvalue weighted by Gasteiger charge is -2.25. The van der Waals surface area contributed by atoms with Crippen LogP contribution in [0, 0.1) is 45.3 Å². The molecule has 0 aliphatic carbocycles. The fourth-order valence-corrected chi connectivity index (χ4v) is 10.8. The summed E-state index contributed by atoms with van der Waals surface area (Å²) in [5, 5.41) is 40.6. The molecule has 0 fully saturated rings. The van der Waals surface area contributed by atoms with Gasteiger partial charge >= 0.3 is 0 Å². The van der Waals surface area contributed by atoms with Gasteiger partial charge in [0.05, 0.1) is 50.6 Å². The van der Waals surface area contributed by atoms with E-state index in [4.69, 9.17) is 35.2 Å². The molecule has 0 saturated heterocycles. The van der Waals surface area contributed by atoms with E-state index in [2.05, 4.69) is 43.0 Å². The van der Waals surface area contributed by atoms with Crippen LogP contribution in [0.3, 0.4) is 0 Å². The van der Waals surface area contributed by atoms with Gasteiger partial charge < -0.3 is 40.1 Å². The molecule has 4 unspecified atom stereocenters. The lowest BCUT2D eigenvalue weighted by molar-refractivity contribution is 0.164. The number of nitriles is 4. The van der Waals surface area contributed by atoms with Crippen molar-refractivity contribution in [1.82, 2.24) is 4.90 Å². The van der Waals surface area contributed by atoms with Gasteiger partial charge in [-0.05, 0) is 97.7 Å². The Bertz CT molecular complexity index is 2480. The van der Waals surface area contributed by atoms with E-state index in [1.807, 2.05) is 111 Å². The van der Waals surface area contributed by atoms with Gasteiger partial charge in [0, 0.05) is 45.8 Å². The van der Waals surface area contributed by atoms with Gasteiger partial charge in [0.2, 0.25) is 0 Å². The molecule has 4 atom stereocenters. The van der Waals surface area contributed by atoms with Crippen LogP contribution in [0.2, 0.25) is 0 Å². The van der Waals surface area contributed by atoms with Crippen LogP contribution in [0.25, 0.3) is 0 Å². The summed E-state index contributed by atoms with van der Waals surface area (Å²) < 4.78 is 30.8. The highest BCUT2D eigenvalue weighted by Crippen LogP contribution is 2.53. The van der Waals surface area contributed by atoms with E-state index < -0.39 is 0 Å². The highest BCUT2D eigenvalue weighted by molar-refractivity contribution is 8.03. The molecule has 0 spiro atoms. The van der Waals surface area contributed by atoms with Gasteiger partial charge in [-0.2, -0.15) is 21.0 Å². The third-order valence-corrected chi connectivity index (χ3v) is 15.9.